The normalized spacial score (nSPS) is 10.7. The van der Waals surface area contributed by atoms with E-state index in [0.29, 0.717) is 5.75 Å². The Kier molecular flexibility index (Phi) is 19.4. The molecule has 26 heavy (non-hydrogen) atoms. The van der Waals surface area contributed by atoms with Gasteiger partial charge in [0.2, 0.25) is 0 Å². The number of rotatable bonds is 16. The van der Waals surface area contributed by atoms with Crippen LogP contribution < -0.4 is 0 Å². The molecule has 0 aliphatic rings. The molecule has 2 radical (unpaired) electrons. The molecule has 0 bridgehead atoms. The zero-order chi connectivity index (χ0) is 18.2. The van der Waals surface area contributed by atoms with Crippen molar-refractivity contribution in [3.8, 4) is 5.75 Å². The first-order valence-electron chi connectivity index (χ1n) is 11.1. The van der Waals surface area contributed by atoms with Gasteiger partial charge in [0.25, 0.3) is 0 Å². The predicted molar refractivity (Wildman–Crippen MR) is 117 cm³/mol. The Labute approximate surface area is 203 Å². The Morgan fingerprint density at radius 1 is 0.615 bits per heavy atom. The van der Waals surface area contributed by atoms with Crippen molar-refractivity contribution in [2.45, 2.75) is 117 Å². The van der Waals surface area contributed by atoms with Gasteiger partial charge in [0.1, 0.15) is 5.75 Å². The molecule has 0 fully saturated rings. The summed E-state index contributed by atoms with van der Waals surface area (Å²) in [6.07, 6.45) is 21.0. The summed E-state index contributed by atoms with van der Waals surface area (Å²) < 4.78 is 0. The second kappa shape index (κ2) is 18.9. The number of phenols is 1. The topological polar surface area (TPSA) is 20.2 Å². The van der Waals surface area contributed by atoms with Gasteiger partial charge in [0.05, 0.1) is 0 Å². The number of hydrogen-bond acceptors (Lipinski definition) is 1. The first-order chi connectivity index (χ1) is 12.3. The predicted octanol–water partition coefficient (Wildman–Crippen LogP) is 7.60. The van der Waals surface area contributed by atoms with Crippen LogP contribution in [0.2, 0.25) is 0 Å². The number of aromatic hydroxyl groups is 1. The second-order valence-corrected chi connectivity index (χ2v) is 7.66. The molecule has 146 valence electrons. The Balaban J connectivity index is 0.00000625. The number of aryl methyl sites for hydroxylation is 1. The van der Waals surface area contributed by atoms with Crippen molar-refractivity contribution in [3.63, 3.8) is 0 Å². The van der Waals surface area contributed by atoms with Gasteiger partial charge in [-0.1, -0.05) is 103 Å². The molecule has 1 rings (SSSR count). The van der Waals surface area contributed by atoms with E-state index in [-0.39, 0.29) is 48.9 Å². The van der Waals surface area contributed by atoms with Gasteiger partial charge in [0, 0.05) is 48.9 Å². The fraction of sp³-hybridized carbons (Fsp3) is 0.750. The van der Waals surface area contributed by atoms with Crippen LogP contribution in [-0.2, 0) is 12.8 Å². The van der Waals surface area contributed by atoms with Crippen molar-refractivity contribution in [1.82, 2.24) is 0 Å². The summed E-state index contributed by atoms with van der Waals surface area (Å²) in [6.45, 7) is 4.54. The SMILES string of the molecule is CCCCCCCCCc1cccc(O)c1CCCCCCCCC.[Ba]. The van der Waals surface area contributed by atoms with Crippen molar-refractivity contribution >= 4 is 48.9 Å². The Bertz CT molecular complexity index is 430. The zero-order valence-corrected chi connectivity index (χ0v) is 22.1. The maximum Gasteiger partial charge on any atom is 0.119 e. The molecule has 0 aliphatic heterocycles. The van der Waals surface area contributed by atoms with Gasteiger partial charge in [-0.2, -0.15) is 0 Å². The van der Waals surface area contributed by atoms with E-state index in [1.165, 1.54) is 101 Å². The van der Waals surface area contributed by atoms with Crippen LogP contribution in [0.25, 0.3) is 0 Å². The molecule has 0 aromatic heterocycles. The molecule has 1 aromatic rings. The smallest absolute Gasteiger partial charge is 0.119 e. The van der Waals surface area contributed by atoms with E-state index in [0.717, 1.165) is 12.8 Å². The van der Waals surface area contributed by atoms with Crippen molar-refractivity contribution in [2.75, 3.05) is 0 Å². The molecule has 0 saturated heterocycles. The van der Waals surface area contributed by atoms with Crippen LogP contribution in [0.1, 0.15) is 115 Å². The van der Waals surface area contributed by atoms with Crippen molar-refractivity contribution in [3.05, 3.63) is 29.3 Å². The molecule has 0 atom stereocenters. The average Bonchev–Trinajstić information content (AvgIpc) is 2.62. The summed E-state index contributed by atoms with van der Waals surface area (Å²) in [5.74, 6) is 0.520. The minimum Gasteiger partial charge on any atom is -0.508 e. The van der Waals surface area contributed by atoms with Gasteiger partial charge in [0.15, 0.2) is 0 Å². The molecule has 1 aromatic carbocycles. The van der Waals surface area contributed by atoms with Crippen LogP contribution in [0.5, 0.6) is 5.75 Å². The molecular weight excluding hydrogens is 442 g/mol. The van der Waals surface area contributed by atoms with Crippen LogP contribution in [0, 0.1) is 0 Å². The average molecular weight is 484 g/mol. The minimum atomic E-state index is 0. The molecule has 1 N–H and O–H groups in total. The van der Waals surface area contributed by atoms with Gasteiger partial charge in [-0.15, -0.1) is 0 Å². The van der Waals surface area contributed by atoms with E-state index in [1.54, 1.807) is 0 Å². The van der Waals surface area contributed by atoms with E-state index in [2.05, 4.69) is 19.9 Å². The van der Waals surface area contributed by atoms with Crippen LogP contribution in [-0.4, -0.2) is 54.0 Å². The van der Waals surface area contributed by atoms with Gasteiger partial charge < -0.3 is 5.11 Å². The summed E-state index contributed by atoms with van der Waals surface area (Å²) >= 11 is 0. The number of phenolic OH excluding ortho intramolecular Hbond substituents is 1. The monoisotopic (exact) mass is 484 g/mol. The summed E-state index contributed by atoms with van der Waals surface area (Å²) in [6, 6.07) is 6.11. The molecular formula is C24H42BaO. The standard InChI is InChI=1S/C24H42O.Ba/c1-3-5-7-9-11-13-15-18-22-19-17-21-24(25)23(22)20-16-14-12-10-8-6-4-2;/h17,19,21,25H,3-16,18,20H2,1-2H3;. The third-order valence-electron chi connectivity index (χ3n) is 5.33. The van der Waals surface area contributed by atoms with E-state index in [1.807, 2.05) is 12.1 Å². The van der Waals surface area contributed by atoms with Crippen LogP contribution in [0.15, 0.2) is 18.2 Å². The van der Waals surface area contributed by atoms with Gasteiger partial charge in [-0.05, 0) is 42.9 Å². The Morgan fingerprint density at radius 3 is 1.62 bits per heavy atom. The molecule has 0 spiro atoms. The molecule has 1 nitrogen and oxygen atoms in total. The van der Waals surface area contributed by atoms with Crippen molar-refractivity contribution in [1.29, 1.82) is 0 Å². The molecule has 2 heteroatoms. The molecule has 0 amide bonds. The Morgan fingerprint density at radius 2 is 1.08 bits per heavy atom. The fourth-order valence-corrected chi connectivity index (χ4v) is 3.68. The molecule has 0 aliphatic carbocycles. The molecule has 0 heterocycles. The number of hydrogen-bond donors (Lipinski definition) is 1. The third kappa shape index (κ3) is 12.9. The fourth-order valence-electron chi connectivity index (χ4n) is 3.68. The van der Waals surface area contributed by atoms with Gasteiger partial charge in [-0.3, -0.25) is 0 Å². The first-order valence-corrected chi connectivity index (χ1v) is 11.1. The van der Waals surface area contributed by atoms with E-state index >= 15 is 0 Å². The summed E-state index contributed by atoms with van der Waals surface area (Å²) in [5, 5.41) is 10.3. The number of unbranched alkanes of at least 4 members (excludes halogenated alkanes) is 12. The van der Waals surface area contributed by atoms with E-state index in [9.17, 15) is 5.11 Å². The maximum absolute atomic E-state index is 10.3. The van der Waals surface area contributed by atoms with Gasteiger partial charge >= 0.3 is 0 Å². The second-order valence-electron chi connectivity index (χ2n) is 7.66. The van der Waals surface area contributed by atoms with Crippen molar-refractivity contribution in [2.24, 2.45) is 0 Å². The Hall–Kier alpha value is 0.591. The van der Waals surface area contributed by atoms with Gasteiger partial charge in [-0.25, -0.2) is 0 Å². The summed E-state index contributed by atoms with van der Waals surface area (Å²) in [5.41, 5.74) is 2.61. The third-order valence-corrected chi connectivity index (χ3v) is 5.33. The van der Waals surface area contributed by atoms with E-state index in [4.69, 9.17) is 0 Å². The summed E-state index contributed by atoms with van der Waals surface area (Å²) in [4.78, 5) is 0. The van der Waals surface area contributed by atoms with Crippen LogP contribution in [0.4, 0.5) is 0 Å². The van der Waals surface area contributed by atoms with Crippen LogP contribution >= 0.6 is 0 Å². The van der Waals surface area contributed by atoms with Crippen LogP contribution in [0.3, 0.4) is 0 Å². The minimum absolute atomic E-state index is 0. The maximum atomic E-state index is 10.3. The zero-order valence-electron chi connectivity index (χ0n) is 17.7. The molecule has 0 unspecified atom stereocenters. The number of benzene rings is 1. The quantitative estimate of drug-likeness (QED) is 0.189. The first kappa shape index (κ1) is 26.6. The largest absolute Gasteiger partial charge is 0.508 e. The van der Waals surface area contributed by atoms with E-state index < -0.39 is 0 Å². The molecule has 0 saturated carbocycles. The summed E-state index contributed by atoms with van der Waals surface area (Å²) in [7, 11) is 0. The van der Waals surface area contributed by atoms with Crippen molar-refractivity contribution < 1.29 is 5.11 Å².